The number of nitrogens with zero attached hydrogens (tertiary/aromatic N) is 1. The molecule has 0 amide bonds. The summed E-state index contributed by atoms with van der Waals surface area (Å²) in [5.74, 6) is 7.83. The van der Waals surface area contributed by atoms with Gasteiger partial charge in [-0.05, 0) is 73.2 Å². The lowest BCUT2D eigenvalue weighted by molar-refractivity contribution is -0.137. The van der Waals surface area contributed by atoms with Crippen molar-refractivity contribution in [1.29, 1.82) is 0 Å². The maximum Gasteiger partial charge on any atom is 0.303 e. The second-order valence-electron chi connectivity index (χ2n) is 8.98. The Labute approximate surface area is 210 Å². The van der Waals surface area contributed by atoms with E-state index >= 15 is 0 Å². The van der Waals surface area contributed by atoms with Gasteiger partial charge in [0.1, 0.15) is 11.5 Å². The molecule has 0 aliphatic heterocycles. The Bertz CT molecular complexity index is 1430. The number of oxazole rings is 1. The highest BCUT2D eigenvalue weighted by atomic mass is 16.5. The summed E-state index contributed by atoms with van der Waals surface area (Å²) in [5.41, 5.74) is 5.72. The van der Waals surface area contributed by atoms with E-state index in [4.69, 9.17) is 9.15 Å². The molecule has 0 unspecified atom stereocenters. The molecule has 3 aromatic carbocycles. The summed E-state index contributed by atoms with van der Waals surface area (Å²) < 4.78 is 12.1. The van der Waals surface area contributed by atoms with E-state index in [-0.39, 0.29) is 12.3 Å². The van der Waals surface area contributed by atoms with E-state index in [1.165, 1.54) is 0 Å². The molecule has 1 aromatic heterocycles. The highest BCUT2D eigenvalue weighted by Crippen LogP contribution is 2.39. The quantitative estimate of drug-likeness (QED) is 0.322. The fourth-order valence-electron chi connectivity index (χ4n) is 4.64. The van der Waals surface area contributed by atoms with Crippen LogP contribution in [0.1, 0.15) is 52.5 Å². The third-order valence-electron chi connectivity index (χ3n) is 6.49. The first kappa shape index (κ1) is 23.4. The van der Waals surface area contributed by atoms with Gasteiger partial charge in [-0.15, -0.1) is 0 Å². The lowest BCUT2D eigenvalue weighted by Gasteiger charge is -2.13. The zero-order chi connectivity index (χ0) is 24.9. The summed E-state index contributed by atoms with van der Waals surface area (Å²) in [5, 5.41) is 9.33. The van der Waals surface area contributed by atoms with Crippen LogP contribution in [0.2, 0.25) is 0 Å². The second-order valence-corrected chi connectivity index (χ2v) is 8.98. The van der Waals surface area contributed by atoms with Crippen molar-refractivity contribution < 1.29 is 19.1 Å². The minimum Gasteiger partial charge on any atom is -0.492 e. The van der Waals surface area contributed by atoms with Gasteiger partial charge < -0.3 is 14.3 Å². The summed E-state index contributed by atoms with van der Waals surface area (Å²) in [6.07, 6.45) is 2.41. The van der Waals surface area contributed by atoms with Crippen molar-refractivity contribution >= 4 is 5.97 Å². The van der Waals surface area contributed by atoms with Gasteiger partial charge in [-0.2, -0.15) is 0 Å². The van der Waals surface area contributed by atoms with Gasteiger partial charge in [0, 0.05) is 17.5 Å². The number of carboxylic acid groups (broad SMARTS) is 1. The molecule has 1 atom stereocenters. The highest BCUT2D eigenvalue weighted by Gasteiger charge is 2.26. The average molecular weight is 478 g/mol. The molecular weight excluding hydrogens is 450 g/mol. The Kier molecular flexibility index (Phi) is 6.86. The molecule has 1 heterocycles. The lowest BCUT2D eigenvalue weighted by Crippen LogP contribution is -2.06. The molecule has 5 nitrogen and oxygen atoms in total. The number of fused-ring (bicyclic) bond motifs is 1. The van der Waals surface area contributed by atoms with E-state index in [1.807, 2.05) is 79.7 Å². The van der Waals surface area contributed by atoms with Gasteiger partial charge in [-0.25, -0.2) is 4.98 Å². The third kappa shape index (κ3) is 5.34. The van der Waals surface area contributed by atoms with E-state index in [0.717, 1.165) is 57.9 Å². The number of rotatable bonds is 7. The van der Waals surface area contributed by atoms with E-state index in [0.29, 0.717) is 18.9 Å². The standard InChI is InChI=1S/C31H27NO4/c1-21-28(32-31(36-21)23-10-6-3-7-11-23)16-17-35-29-19-24-14-15-25(20-30(33)34)27(24)18-26(29)13-12-22-8-4-2-5-9-22/h2-11,18-19,25H,14-17,20H2,1H3,(H,33,34)/t25-/m0/s1. The topological polar surface area (TPSA) is 72.6 Å². The molecule has 0 fully saturated rings. The Morgan fingerprint density at radius 3 is 2.58 bits per heavy atom. The first-order chi connectivity index (χ1) is 17.6. The van der Waals surface area contributed by atoms with Crippen LogP contribution in [-0.4, -0.2) is 22.7 Å². The first-order valence-electron chi connectivity index (χ1n) is 12.2. The number of aromatic nitrogens is 1. The van der Waals surface area contributed by atoms with Crippen LogP contribution in [0, 0.1) is 18.8 Å². The van der Waals surface area contributed by atoms with E-state index in [9.17, 15) is 9.90 Å². The lowest BCUT2D eigenvalue weighted by atomic mass is 9.95. The van der Waals surface area contributed by atoms with Gasteiger partial charge in [0.05, 0.1) is 24.3 Å². The molecule has 0 spiro atoms. The average Bonchev–Trinajstić information content (AvgIpc) is 3.46. The first-order valence-corrected chi connectivity index (χ1v) is 12.2. The summed E-state index contributed by atoms with van der Waals surface area (Å²) in [6.45, 7) is 2.35. The molecular formula is C31H27NO4. The third-order valence-corrected chi connectivity index (χ3v) is 6.49. The summed E-state index contributed by atoms with van der Waals surface area (Å²) in [6, 6.07) is 23.7. The molecule has 1 aliphatic carbocycles. The fourth-order valence-corrected chi connectivity index (χ4v) is 4.64. The van der Waals surface area contributed by atoms with Gasteiger partial charge in [0.15, 0.2) is 0 Å². The number of carboxylic acids is 1. The molecule has 1 aliphatic rings. The molecule has 180 valence electrons. The summed E-state index contributed by atoms with van der Waals surface area (Å²) >= 11 is 0. The number of benzene rings is 3. The van der Waals surface area contributed by atoms with Gasteiger partial charge >= 0.3 is 5.97 Å². The molecule has 0 saturated heterocycles. The molecule has 4 aromatic rings. The zero-order valence-corrected chi connectivity index (χ0v) is 20.2. The maximum absolute atomic E-state index is 11.4. The molecule has 5 heteroatoms. The number of aryl methyl sites for hydroxylation is 2. The molecule has 1 N–H and O–H groups in total. The van der Waals surface area contributed by atoms with E-state index in [2.05, 4.69) is 16.8 Å². The molecule has 0 radical (unpaired) electrons. The number of hydrogen-bond acceptors (Lipinski definition) is 4. The molecule has 0 bridgehead atoms. The fraction of sp³-hybridized carbons (Fsp3) is 0.226. The zero-order valence-electron chi connectivity index (χ0n) is 20.2. The van der Waals surface area contributed by atoms with Crippen LogP contribution in [-0.2, 0) is 17.6 Å². The SMILES string of the molecule is Cc1oc(-c2ccccc2)nc1CCOc1cc2c(cc1C#Cc1ccccc1)[C@H](CC(=O)O)CC2. The van der Waals surface area contributed by atoms with Crippen molar-refractivity contribution in [3.8, 4) is 29.0 Å². The van der Waals surface area contributed by atoms with Crippen LogP contribution in [0.5, 0.6) is 5.75 Å². The van der Waals surface area contributed by atoms with Crippen molar-refractivity contribution in [1.82, 2.24) is 4.98 Å². The van der Waals surface area contributed by atoms with Crippen LogP contribution < -0.4 is 4.74 Å². The Morgan fingerprint density at radius 1 is 1.08 bits per heavy atom. The van der Waals surface area contributed by atoms with Gasteiger partial charge in [-0.3, -0.25) is 4.79 Å². The van der Waals surface area contributed by atoms with Crippen LogP contribution >= 0.6 is 0 Å². The minimum absolute atomic E-state index is 0.0120. The summed E-state index contributed by atoms with van der Waals surface area (Å²) in [4.78, 5) is 16.0. The predicted molar refractivity (Wildman–Crippen MR) is 138 cm³/mol. The monoisotopic (exact) mass is 477 g/mol. The van der Waals surface area contributed by atoms with Crippen molar-refractivity contribution in [3.05, 3.63) is 107 Å². The Morgan fingerprint density at radius 2 is 1.83 bits per heavy atom. The van der Waals surface area contributed by atoms with Gasteiger partial charge in [-0.1, -0.05) is 48.2 Å². The Balaban J connectivity index is 1.37. The van der Waals surface area contributed by atoms with E-state index < -0.39 is 5.97 Å². The number of aliphatic carboxylic acids is 1. The summed E-state index contributed by atoms with van der Waals surface area (Å²) in [7, 11) is 0. The van der Waals surface area contributed by atoms with E-state index in [1.54, 1.807) is 0 Å². The molecule has 5 rings (SSSR count). The van der Waals surface area contributed by atoms with Crippen molar-refractivity contribution in [2.24, 2.45) is 0 Å². The number of ether oxygens (including phenoxy) is 1. The second kappa shape index (κ2) is 10.5. The van der Waals surface area contributed by atoms with Gasteiger partial charge in [0.25, 0.3) is 0 Å². The van der Waals surface area contributed by atoms with Crippen LogP contribution in [0.15, 0.2) is 77.2 Å². The Hall–Kier alpha value is -4.30. The minimum atomic E-state index is -0.775. The highest BCUT2D eigenvalue weighted by molar-refractivity contribution is 5.69. The predicted octanol–water partition coefficient (Wildman–Crippen LogP) is 6.18. The largest absolute Gasteiger partial charge is 0.492 e. The van der Waals surface area contributed by atoms with Crippen LogP contribution in [0.4, 0.5) is 0 Å². The number of carbonyl (C=O) groups is 1. The van der Waals surface area contributed by atoms with Crippen LogP contribution in [0.3, 0.4) is 0 Å². The maximum atomic E-state index is 11.4. The van der Waals surface area contributed by atoms with Crippen molar-refractivity contribution in [3.63, 3.8) is 0 Å². The van der Waals surface area contributed by atoms with Gasteiger partial charge in [0.2, 0.25) is 5.89 Å². The molecule has 36 heavy (non-hydrogen) atoms. The number of hydrogen-bond donors (Lipinski definition) is 1. The van der Waals surface area contributed by atoms with Crippen molar-refractivity contribution in [2.45, 2.75) is 38.5 Å². The normalized spacial score (nSPS) is 14.1. The smallest absolute Gasteiger partial charge is 0.303 e. The molecule has 0 saturated carbocycles. The van der Waals surface area contributed by atoms with Crippen LogP contribution in [0.25, 0.3) is 11.5 Å². The van der Waals surface area contributed by atoms with Crippen molar-refractivity contribution in [2.75, 3.05) is 6.61 Å².